The molecule has 0 spiro atoms. The number of hydrogen-bond acceptors (Lipinski definition) is 2. The Hall–Kier alpha value is -5.23. The van der Waals surface area contributed by atoms with Crippen molar-refractivity contribution in [3.8, 4) is 22.3 Å². The Bertz CT molecular complexity index is 2300. The number of aryl methyl sites for hydroxylation is 1. The smallest absolute Gasteiger partial charge is 0.268 e. The van der Waals surface area contributed by atoms with E-state index in [2.05, 4.69) is 10.6 Å². The van der Waals surface area contributed by atoms with Crippen LogP contribution in [-0.2, 0) is 13.1 Å². The number of carbonyl (C=O) groups is 2. The highest BCUT2D eigenvalue weighted by atomic mass is 35.5. The second-order valence-electron chi connectivity index (χ2n) is 11.3. The van der Waals surface area contributed by atoms with Crippen molar-refractivity contribution in [1.82, 2.24) is 19.8 Å². The summed E-state index contributed by atoms with van der Waals surface area (Å²) in [6.45, 7) is 1.82. The molecule has 0 radical (unpaired) electrons. The number of nitrogens with one attached hydrogen (secondary N) is 2. The van der Waals surface area contributed by atoms with E-state index in [0.29, 0.717) is 58.7 Å². The number of fused-ring (bicyclic) bond motifs is 6. The van der Waals surface area contributed by atoms with Gasteiger partial charge in [0.2, 0.25) is 0 Å². The van der Waals surface area contributed by atoms with Crippen LogP contribution in [0.4, 0.5) is 26.3 Å². The van der Waals surface area contributed by atoms with E-state index in [-0.39, 0.29) is 39.7 Å². The minimum Gasteiger partial charge on any atom is -0.351 e. The second-order valence-corrected chi connectivity index (χ2v) is 11.8. The first kappa shape index (κ1) is 31.4. The highest BCUT2D eigenvalue weighted by Gasteiger charge is 2.27. The van der Waals surface area contributed by atoms with Gasteiger partial charge >= 0.3 is 0 Å². The zero-order valence-electron chi connectivity index (χ0n) is 24.7. The number of benzene rings is 4. The van der Waals surface area contributed by atoms with Gasteiger partial charge in [-0.15, -0.1) is 0 Å². The third kappa shape index (κ3) is 5.26. The molecule has 4 heterocycles. The summed E-state index contributed by atoms with van der Waals surface area (Å²) < 4.78 is 87.3. The van der Waals surface area contributed by atoms with Crippen LogP contribution in [0.3, 0.4) is 0 Å². The predicted octanol–water partition coefficient (Wildman–Crippen LogP) is 7.98. The fraction of sp³-hybridized carbons (Fsp3) is 0.143. The Morgan fingerprint density at radius 1 is 0.562 bits per heavy atom. The number of amides is 2. The molecule has 0 fully saturated rings. The van der Waals surface area contributed by atoms with Gasteiger partial charge in [-0.05, 0) is 66.1 Å². The molecule has 0 aliphatic carbocycles. The number of hydrogen-bond donors (Lipinski definition) is 2. The number of nitrogens with zero attached hydrogens (tertiary/aromatic N) is 2. The van der Waals surface area contributed by atoms with Crippen molar-refractivity contribution in [2.24, 2.45) is 0 Å². The van der Waals surface area contributed by atoms with Crippen molar-refractivity contribution in [2.75, 3.05) is 13.1 Å². The van der Waals surface area contributed by atoms with Crippen LogP contribution in [0.5, 0.6) is 0 Å². The van der Waals surface area contributed by atoms with Crippen LogP contribution in [-0.4, -0.2) is 34.0 Å². The lowest BCUT2D eigenvalue weighted by molar-refractivity contribution is 0.0926. The monoisotopic (exact) mass is 680 g/mol. The van der Waals surface area contributed by atoms with Crippen LogP contribution in [0.15, 0.2) is 66.7 Å². The van der Waals surface area contributed by atoms with E-state index in [1.54, 1.807) is 39.5 Å². The highest BCUT2D eigenvalue weighted by Crippen LogP contribution is 2.38. The zero-order valence-corrected chi connectivity index (χ0v) is 25.5. The molecule has 2 aliphatic heterocycles. The van der Waals surface area contributed by atoms with Crippen molar-refractivity contribution in [3.63, 3.8) is 0 Å². The molecule has 8 rings (SSSR count). The summed E-state index contributed by atoms with van der Waals surface area (Å²) in [5.74, 6) is -6.97. The lowest BCUT2D eigenvalue weighted by Gasteiger charge is -2.18. The fourth-order valence-corrected chi connectivity index (χ4v) is 6.43. The van der Waals surface area contributed by atoms with E-state index in [4.69, 9.17) is 11.6 Å². The first-order valence-corrected chi connectivity index (χ1v) is 15.2. The molecular formula is C35H23ClF6N4O2. The average molecular weight is 681 g/mol. The average Bonchev–Trinajstić information content (AvgIpc) is 3.55. The minimum absolute atomic E-state index is 0.00258. The summed E-state index contributed by atoms with van der Waals surface area (Å²) in [6, 6.07) is 14.6. The number of rotatable bonds is 2. The highest BCUT2D eigenvalue weighted by molar-refractivity contribution is 6.30. The Labute approximate surface area is 273 Å². The van der Waals surface area contributed by atoms with E-state index < -0.39 is 34.9 Å². The molecular weight excluding hydrogens is 658 g/mol. The number of halogens is 7. The van der Waals surface area contributed by atoms with Crippen molar-refractivity contribution >= 4 is 45.2 Å². The Morgan fingerprint density at radius 3 is 1.67 bits per heavy atom. The SMILES string of the molecule is O=C1NCCCn2c1cc1cc(F)c(F)c(-c3ccc(Cl)cc3)c12.O=C1NCCn2c1cc1cc(F)c(F)c(-c3ccc(F)c(F)c3)c12. The standard InChI is InChI=1S/C18H13ClF2N2O.C17H10F4N2O/c19-12-4-2-10(3-5-12)15-16(21)13(20)8-11-9-14-18(24)22-6-1-7-23(14)17(11)15;18-10-2-1-8(5-11(10)19)14-15(21)12(20)6-9-7-13-17(24)22-3-4-23(13)16(9)14/h2-5,8-9H,1,6-7H2,(H,22,24);1-2,5-7H,3-4H2,(H,22,24). The first-order chi connectivity index (χ1) is 23.0. The van der Waals surface area contributed by atoms with Gasteiger partial charge in [0.05, 0.1) is 11.0 Å². The summed E-state index contributed by atoms with van der Waals surface area (Å²) in [4.78, 5) is 24.1. The molecule has 2 aliphatic rings. The Kier molecular flexibility index (Phi) is 7.90. The second kappa shape index (κ2) is 12.1. The van der Waals surface area contributed by atoms with Gasteiger partial charge in [-0.3, -0.25) is 9.59 Å². The summed E-state index contributed by atoms with van der Waals surface area (Å²) in [5.41, 5.74) is 1.99. The van der Waals surface area contributed by atoms with Crippen LogP contribution in [0, 0.1) is 34.9 Å². The molecule has 0 unspecified atom stereocenters. The van der Waals surface area contributed by atoms with Crippen molar-refractivity contribution in [1.29, 1.82) is 0 Å². The first-order valence-electron chi connectivity index (χ1n) is 14.8. The van der Waals surface area contributed by atoms with E-state index in [1.807, 2.05) is 0 Å². The van der Waals surface area contributed by atoms with Gasteiger partial charge in [0.25, 0.3) is 11.8 Å². The van der Waals surface area contributed by atoms with Gasteiger partial charge in [-0.25, -0.2) is 26.3 Å². The maximum Gasteiger partial charge on any atom is 0.268 e. The van der Waals surface area contributed by atoms with Crippen LogP contribution < -0.4 is 10.6 Å². The van der Waals surface area contributed by atoms with Gasteiger partial charge in [-0.1, -0.05) is 29.8 Å². The van der Waals surface area contributed by atoms with E-state index in [0.717, 1.165) is 30.7 Å². The molecule has 244 valence electrons. The molecule has 0 saturated heterocycles. The van der Waals surface area contributed by atoms with Crippen LogP contribution in [0.1, 0.15) is 27.4 Å². The summed E-state index contributed by atoms with van der Waals surface area (Å²) in [6.07, 6.45) is 0.724. The normalized spacial score (nSPS) is 14.1. The van der Waals surface area contributed by atoms with Gasteiger partial charge in [0.1, 0.15) is 11.4 Å². The number of carbonyl (C=O) groups excluding carboxylic acids is 2. The van der Waals surface area contributed by atoms with Gasteiger partial charge in [0.15, 0.2) is 34.9 Å². The largest absolute Gasteiger partial charge is 0.351 e. The van der Waals surface area contributed by atoms with Crippen LogP contribution in [0.2, 0.25) is 5.02 Å². The van der Waals surface area contributed by atoms with Crippen LogP contribution >= 0.6 is 11.6 Å². The van der Waals surface area contributed by atoms with Crippen LogP contribution in [0.25, 0.3) is 44.1 Å². The van der Waals surface area contributed by atoms with Crippen molar-refractivity contribution < 1.29 is 35.9 Å². The molecule has 0 saturated carbocycles. The van der Waals surface area contributed by atoms with E-state index >= 15 is 0 Å². The van der Waals surface area contributed by atoms with E-state index in [1.165, 1.54) is 12.1 Å². The Morgan fingerprint density at radius 2 is 1.08 bits per heavy atom. The van der Waals surface area contributed by atoms with Gasteiger partial charge in [0, 0.05) is 53.1 Å². The summed E-state index contributed by atoms with van der Waals surface area (Å²) >= 11 is 5.90. The molecule has 0 atom stereocenters. The van der Waals surface area contributed by atoms with Crippen molar-refractivity contribution in [3.05, 3.63) is 118 Å². The summed E-state index contributed by atoms with van der Waals surface area (Å²) in [7, 11) is 0. The topological polar surface area (TPSA) is 68.1 Å². The predicted molar refractivity (Wildman–Crippen MR) is 169 cm³/mol. The quantitative estimate of drug-likeness (QED) is 0.182. The molecule has 6 nitrogen and oxygen atoms in total. The molecule has 4 aromatic carbocycles. The fourth-order valence-electron chi connectivity index (χ4n) is 6.30. The minimum atomic E-state index is -1.17. The zero-order chi connectivity index (χ0) is 33.9. The molecule has 2 N–H and O–H groups in total. The summed E-state index contributed by atoms with van der Waals surface area (Å²) in [5, 5.41) is 6.78. The maximum atomic E-state index is 14.6. The molecule has 6 aromatic rings. The number of aromatic nitrogens is 2. The van der Waals surface area contributed by atoms with E-state index in [9.17, 15) is 35.9 Å². The van der Waals surface area contributed by atoms with Gasteiger partial charge < -0.3 is 19.8 Å². The maximum absolute atomic E-state index is 14.6. The molecule has 2 amide bonds. The van der Waals surface area contributed by atoms with Gasteiger partial charge in [-0.2, -0.15) is 0 Å². The Balaban J connectivity index is 0.000000152. The third-order valence-electron chi connectivity index (χ3n) is 8.42. The lowest BCUT2D eigenvalue weighted by atomic mass is 10.0. The molecule has 13 heteroatoms. The molecule has 0 bridgehead atoms. The lowest BCUT2D eigenvalue weighted by Crippen LogP contribution is -2.34. The molecule has 2 aromatic heterocycles. The van der Waals surface area contributed by atoms with Crippen molar-refractivity contribution in [2.45, 2.75) is 19.5 Å². The third-order valence-corrected chi connectivity index (χ3v) is 8.67. The molecule has 48 heavy (non-hydrogen) atoms.